The molecule has 0 unspecified atom stereocenters. The molecule has 7 rings (SSSR count). The molecule has 7 atom stereocenters. The lowest BCUT2D eigenvalue weighted by molar-refractivity contribution is -0.147. The number of aliphatic hydroxyl groups is 1. The lowest BCUT2D eigenvalue weighted by Crippen LogP contribution is -2.60. The van der Waals surface area contributed by atoms with Crippen LogP contribution in [-0.4, -0.2) is 150 Å². The number of carboxylic acids is 1. The minimum Gasteiger partial charge on any atom is -0.508 e. The third-order valence-electron chi connectivity index (χ3n) is 12.7. The van der Waals surface area contributed by atoms with E-state index in [4.69, 9.17) is 5.73 Å². The number of carbonyl (C=O) groups is 7. The first-order valence-corrected chi connectivity index (χ1v) is 22.2. The van der Waals surface area contributed by atoms with E-state index in [9.17, 15) is 54.0 Å². The number of aliphatic carboxylic acids is 1. The van der Waals surface area contributed by atoms with Gasteiger partial charge < -0.3 is 61.8 Å². The van der Waals surface area contributed by atoms with Gasteiger partial charge in [0.05, 0.1) is 6.61 Å². The number of hydrogen-bond donors (Lipinski definition) is 9. The van der Waals surface area contributed by atoms with Crippen molar-refractivity contribution in [2.45, 2.75) is 100 Å². The number of phenolic OH excluding ortho intramolecular Hbond substituents is 2. The summed E-state index contributed by atoms with van der Waals surface area (Å²) in [6.07, 6.45) is 3.83. The van der Waals surface area contributed by atoms with Crippen molar-refractivity contribution < 1.29 is 54.0 Å². The molecule has 3 aromatic carbocycles. The smallest absolute Gasteiger partial charge is 0.326 e. The second kappa shape index (κ2) is 20.9. The Balaban J connectivity index is 1.13. The van der Waals surface area contributed by atoms with Gasteiger partial charge in [0.1, 0.15) is 53.8 Å². The van der Waals surface area contributed by atoms with Crippen LogP contribution in [0.25, 0.3) is 10.9 Å². The average Bonchev–Trinajstić information content (AvgIpc) is 4.16. The molecule has 19 heteroatoms. The van der Waals surface area contributed by atoms with Crippen LogP contribution >= 0.6 is 0 Å². The summed E-state index contributed by atoms with van der Waals surface area (Å²) < 4.78 is 0. The molecule has 10 N–H and O–H groups in total. The summed E-state index contributed by atoms with van der Waals surface area (Å²) >= 11 is 0. The van der Waals surface area contributed by atoms with E-state index in [0.717, 1.165) is 10.9 Å². The van der Waals surface area contributed by atoms with Crippen molar-refractivity contribution in [2.75, 3.05) is 26.2 Å². The van der Waals surface area contributed by atoms with Crippen LogP contribution in [0.3, 0.4) is 0 Å². The minimum atomic E-state index is -1.35. The normalized spacial score (nSPS) is 20.1. The van der Waals surface area contributed by atoms with E-state index in [1.807, 2.05) is 24.3 Å². The van der Waals surface area contributed by atoms with Crippen LogP contribution in [0.2, 0.25) is 0 Å². The highest BCUT2D eigenvalue weighted by Crippen LogP contribution is 2.27. The zero-order valence-corrected chi connectivity index (χ0v) is 36.3. The molecule has 0 aliphatic carbocycles. The number of carboxylic acid groups (broad SMARTS) is 1. The van der Waals surface area contributed by atoms with E-state index in [-0.39, 0.29) is 63.2 Å². The van der Waals surface area contributed by atoms with Crippen molar-refractivity contribution in [1.29, 1.82) is 0 Å². The predicted molar refractivity (Wildman–Crippen MR) is 238 cm³/mol. The average molecular weight is 909 g/mol. The minimum absolute atomic E-state index is 0.00144. The summed E-state index contributed by atoms with van der Waals surface area (Å²) in [7, 11) is 0. The van der Waals surface area contributed by atoms with Crippen LogP contribution in [0.5, 0.6) is 11.5 Å². The maximum atomic E-state index is 14.8. The Bertz CT molecular complexity index is 2430. The van der Waals surface area contributed by atoms with E-state index in [1.54, 1.807) is 30.5 Å². The number of likely N-dealkylation sites (tertiary alicyclic amines) is 3. The number of hydrogen-bond acceptors (Lipinski definition) is 11. The maximum Gasteiger partial charge on any atom is 0.326 e. The first kappa shape index (κ1) is 47.0. The highest BCUT2D eigenvalue weighted by Gasteiger charge is 2.44. The van der Waals surface area contributed by atoms with Crippen LogP contribution in [0.4, 0.5) is 0 Å². The monoisotopic (exact) mass is 908 g/mol. The first-order chi connectivity index (χ1) is 31.7. The van der Waals surface area contributed by atoms with E-state index < -0.39 is 90.3 Å². The number of rotatable bonds is 17. The molecule has 4 heterocycles. The van der Waals surface area contributed by atoms with Crippen molar-refractivity contribution in [3.8, 4) is 11.5 Å². The molecule has 0 bridgehead atoms. The number of carbonyl (C=O) groups excluding carboxylic acids is 6. The van der Waals surface area contributed by atoms with Gasteiger partial charge in [-0.2, -0.15) is 0 Å². The number of H-pyrrole nitrogens is 1. The molecule has 19 nitrogen and oxygen atoms in total. The molecule has 4 aromatic rings. The predicted octanol–water partition coefficient (Wildman–Crippen LogP) is 0.439. The van der Waals surface area contributed by atoms with Gasteiger partial charge in [0, 0.05) is 56.0 Å². The first-order valence-electron chi connectivity index (χ1n) is 22.2. The molecule has 3 saturated heterocycles. The molecule has 0 saturated carbocycles. The zero-order chi connectivity index (χ0) is 47.1. The van der Waals surface area contributed by atoms with Crippen molar-refractivity contribution >= 4 is 52.3 Å². The number of nitrogens with two attached hydrogens (primary N) is 1. The van der Waals surface area contributed by atoms with Crippen LogP contribution in [0.15, 0.2) is 79.0 Å². The van der Waals surface area contributed by atoms with Crippen LogP contribution in [0, 0.1) is 0 Å². The number of nitrogens with one attached hydrogen (secondary N) is 4. The van der Waals surface area contributed by atoms with Gasteiger partial charge in [-0.25, -0.2) is 4.79 Å². The molecule has 6 amide bonds. The summed E-state index contributed by atoms with van der Waals surface area (Å²) in [4.78, 5) is 104. The molecule has 3 fully saturated rings. The summed E-state index contributed by atoms with van der Waals surface area (Å²) in [5.41, 5.74) is 8.40. The van der Waals surface area contributed by atoms with Crippen molar-refractivity contribution in [3.63, 3.8) is 0 Å². The van der Waals surface area contributed by atoms with E-state index in [2.05, 4.69) is 20.9 Å². The van der Waals surface area contributed by atoms with E-state index >= 15 is 0 Å². The Hall–Kier alpha value is -6.99. The summed E-state index contributed by atoms with van der Waals surface area (Å²) in [6, 6.07) is 11.3. The lowest BCUT2D eigenvalue weighted by atomic mass is 10.0. The summed E-state index contributed by atoms with van der Waals surface area (Å²) in [6.45, 7) is 0.0513. The quantitative estimate of drug-likeness (QED) is 0.0698. The largest absolute Gasteiger partial charge is 0.508 e. The Morgan fingerprint density at radius 1 is 0.636 bits per heavy atom. The Kier molecular flexibility index (Phi) is 14.9. The second-order valence-electron chi connectivity index (χ2n) is 17.2. The number of fused-ring (bicyclic) bond motifs is 1. The summed E-state index contributed by atoms with van der Waals surface area (Å²) in [5.74, 6) is -4.96. The SMILES string of the molecule is N[C@@H](CO)C(=O)N1CCC[C@H]1C(=O)N1CCC[C@H]1C(=O)N[C@@H](Cc1ccc(O)cc1)C(=O)N[C@@H](Cc1c[nH]c2ccccc12)C(=O)N1CCC[C@H]1C(=O)N[C@@H](Cc1ccc(O)cc1)C(=O)O. The number of aromatic hydroxyl groups is 2. The van der Waals surface area contributed by atoms with Gasteiger partial charge in [-0.3, -0.25) is 28.8 Å². The van der Waals surface area contributed by atoms with Gasteiger partial charge in [-0.05, 0) is 85.5 Å². The topological polar surface area (TPSA) is 288 Å². The van der Waals surface area contributed by atoms with Gasteiger partial charge in [0.15, 0.2) is 0 Å². The van der Waals surface area contributed by atoms with Gasteiger partial charge in [-0.1, -0.05) is 42.5 Å². The Morgan fingerprint density at radius 3 is 1.74 bits per heavy atom. The zero-order valence-electron chi connectivity index (χ0n) is 36.3. The number of aromatic amines is 1. The highest BCUT2D eigenvalue weighted by molar-refractivity contribution is 5.98. The van der Waals surface area contributed by atoms with Crippen molar-refractivity contribution in [2.24, 2.45) is 5.73 Å². The van der Waals surface area contributed by atoms with E-state index in [1.165, 1.54) is 39.0 Å². The molecule has 0 spiro atoms. The fourth-order valence-corrected chi connectivity index (χ4v) is 9.25. The van der Waals surface area contributed by atoms with Gasteiger partial charge in [0.25, 0.3) is 0 Å². The third-order valence-corrected chi connectivity index (χ3v) is 12.7. The van der Waals surface area contributed by atoms with Crippen LogP contribution < -0.4 is 21.7 Å². The molecular formula is C47H56N8O11. The third kappa shape index (κ3) is 10.7. The van der Waals surface area contributed by atoms with Crippen molar-refractivity contribution in [1.82, 2.24) is 35.6 Å². The van der Waals surface area contributed by atoms with Gasteiger partial charge >= 0.3 is 5.97 Å². The Morgan fingerprint density at radius 2 is 1.15 bits per heavy atom. The second-order valence-corrected chi connectivity index (χ2v) is 17.2. The number of phenols is 2. The Labute approximate surface area is 380 Å². The maximum absolute atomic E-state index is 14.8. The fourth-order valence-electron chi connectivity index (χ4n) is 9.25. The number of nitrogens with zero attached hydrogens (tertiary/aromatic N) is 3. The van der Waals surface area contributed by atoms with Crippen LogP contribution in [0.1, 0.15) is 55.2 Å². The standard InChI is InChI=1S/C47H56N8O11/c48-33(26-56)44(62)55-21-5-10-40(55)46(64)54-20-4-9-39(54)42(60)50-35(22-27-11-15-30(57)16-12-27)41(59)51-36(24-29-25-49-34-7-2-1-6-32(29)34)45(63)53-19-3-8-38(53)43(61)52-37(47(65)66)23-28-13-17-31(58)18-14-28/h1-2,6-7,11-18,25,33,35-40,49,56-58H,3-5,8-10,19-24,26,48H2,(H,50,60)(H,51,59)(H,52,61)(H,65,66)/t33-,35-,36-,37-,38-,39-,40-/m0/s1. The number of benzene rings is 3. The number of aliphatic hydroxyl groups excluding tert-OH is 1. The van der Waals surface area contributed by atoms with Crippen LogP contribution in [-0.2, 0) is 52.8 Å². The number of aromatic nitrogens is 1. The molecular weight excluding hydrogens is 853 g/mol. The molecule has 0 radical (unpaired) electrons. The molecule has 1 aromatic heterocycles. The number of amides is 6. The van der Waals surface area contributed by atoms with E-state index in [0.29, 0.717) is 42.4 Å². The highest BCUT2D eigenvalue weighted by atomic mass is 16.4. The molecule has 3 aliphatic rings. The van der Waals surface area contributed by atoms with Gasteiger partial charge in [-0.15, -0.1) is 0 Å². The molecule has 350 valence electrons. The number of para-hydroxylation sites is 1. The lowest BCUT2D eigenvalue weighted by Gasteiger charge is -2.33. The summed E-state index contributed by atoms with van der Waals surface area (Å²) in [5, 5.41) is 48.3. The molecule has 3 aliphatic heterocycles. The van der Waals surface area contributed by atoms with Gasteiger partial charge in [0.2, 0.25) is 35.4 Å². The van der Waals surface area contributed by atoms with Crippen molar-refractivity contribution in [3.05, 3.63) is 95.7 Å². The molecule has 66 heavy (non-hydrogen) atoms. The fraction of sp³-hybridized carbons (Fsp3) is 0.426.